The Kier molecular flexibility index (Phi) is 4.94. The molecule has 1 unspecified atom stereocenters. The van der Waals surface area contributed by atoms with Gasteiger partial charge in [-0.2, -0.15) is 13.2 Å². The summed E-state index contributed by atoms with van der Waals surface area (Å²) < 4.78 is 35.5. The molecule has 0 spiro atoms. The molecule has 0 heterocycles. The first kappa shape index (κ1) is 15.9. The molecule has 19 heavy (non-hydrogen) atoms. The summed E-state index contributed by atoms with van der Waals surface area (Å²) in [7, 11) is 0. The molecule has 2 amide bonds. The molecule has 1 rings (SSSR count). The summed E-state index contributed by atoms with van der Waals surface area (Å²) in [6, 6.07) is -0.764. The van der Waals surface area contributed by atoms with E-state index in [1.807, 2.05) is 0 Å². The van der Waals surface area contributed by atoms with E-state index in [2.05, 4.69) is 10.6 Å². The van der Waals surface area contributed by atoms with Gasteiger partial charge >= 0.3 is 17.5 Å². The fraction of sp³-hybridized carbons (Fsp3) is 0.800. The molecule has 0 aliphatic heterocycles. The molecule has 1 atom stereocenters. The van der Waals surface area contributed by atoms with E-state index in [0.717, 1.165) is 0 Å². The molecule has 0 aromatic carbocycles. The van der Waals surface area contributed by atoms with E-state index in [1.165, 1.54) is 6.92 Å². The smallest absolute Gasteiger partial charge is 0.441 e. The van der Waals surface area contributed by atoms with E-state index in [1.54, 1.807) is 0 Å². The number of carboxylic acids is 1. The second-order valence-electron chi connectivity index (χ2n) is 4.46. The Hall–Kier alpha value is -1.12. The minimum Gasteiger partial charge on any atom is -0.480 e. The van der Waals surface area contributed by atoms with Crippen LogP contribution in [0.1, 0.15) is 19.8 Å². The zero-order chi connectivity index (χ0) is 14.7. The maximum atomic E-state index is 11.8. The minimum absolute atomic E-state index is 0.125. The van der Waals surface area contributed by atoms with Crippen LogP contribution in [0.15, 0.2) is 0 Å². The molecule has 0 aromatic rings. The molecule has 9 heteroatoms. The van der Waals surface area contributed by atoms with Gasteiger partial charge in [-0.15, -0.1) is 0 Å². The highest BCUT2D eigenvalue weighted by atomic mass is 32.2. The molecule has 110 valence electrons. The van der Waals surface area contributed by atoms with Gasteiger partial charge in [-0.25, -0.2) is 9.59 Å². The van der Waals surface area contributed by atoms with Crippen LogP contribution in [-0.2, 0) is 4.79 Å². The summed E-state index contributed by atoms with van der Waals surface area (Å²) in [5.41, 5.74) is -5.69. The third-order valence-corrected chi connectivity index (χ3v) is 3.60. The summed E-state index contributed by atoms with van der Waals surface area (Å²) >= 11 is -0.240. The molecular weight excluding hydrogens is 285 g/mol. The summed E-state index contributed by atoms with van der Waals surface area (Å²) in [5, 5.41) is 13.6. The molecule has 1 aliphatic rings. The lowest BCUT2D eigenvalue weighted by atomic mass is 9.96. The Balaban J connectivity index is 2.32. The average molecular weight is 300 g/mol. The second kappa shape index (κ2) is 5.89. The lowest BCUT2D eigenvalue weighted by Gasteiger charge is -2.26. The van der Waals surface area contributed by atoms with E-state index < -0.39 is 23.0 Å². The van der Waals surface area contributed by atoms with Crippen LogP contribution >= 0.6 is 11.8 Å². The molecule has 1 saturated carbocycles. The summed E-state index contributed by atoms with van der Waals surface area (Å²) in [6.45, 7) is 1.22. The minimum atomic E-state index is -4.33. The number of halogens is 3. The molecule has 0 aromatic heterocycles. The number of carbonyl (C=O) groups excluding carboxylic acids is 1. The highest BCUT2D eigenvalue weighted by molar-refractivity contribution is 8.00. The number of alkyl halides is 3. The Bertz CT molecular complexity index is 360. The van der Waals surface area contributed by atoms with Crippen molar-refractivity contribution in [3.8, 4) is 0 Å². The average Bonchev–Trinajstić information content (AvgIpc) is 3.06. The van der Waals surface area contributed by atoms with Crippen molar-refractivity contribution in [3.05, 3.63) is 0 Å². The van der Waals surface area contributed by atoms with Gasteiger partial charge in [-0.1, -0.05) is 0 Å². The number of hydrogen-bond acceptors (Lipinski definition) is 3. The first-order valence-electron chi connectivity index (χ1n) is 5.65. The van der Waals surface area contributed by atoms with Gasteiger partial charge in [0.25, 0.3) is 0 Å². The van der Waals surface area contributed by atoms with Gasteiger partial charge in [0.05, 0.1) is 0 Å². The number of nitrogens with one attached hydrogen (secondary N) is 2. The van der Waals surface area contributed by atoms with Crippen molar-refractivity contribution in [3.63, 3.8) is 0 Å². The van der Waals surface area contributed by atoms with Crippen LogP contribution in [0.2, 0.25) is 0 Å². The molecule has 1 fully saturated rings. The van der Waals surface area contributed by atoms with Gasteiger partial charge in [-0.3, -0.25) is 0 Å². The highest BCUT2D eigenvalue weighted by Crippen LogP contribution is 2.39. The predicted octanol–water partition coefficient (Wildman–Crippen LogP) is 1.79. The molecule has 0 saturated heterocycles. The Morgan fingerprint density at radius 3 is 2.37 bits per heavy atom. The lowest BCUT2D eigenvalue weighted by molar-refractivity contribution is -0.144. The van der Waals surface area contributed by atoms with Gasteiger partial charge in [0, 0.05) is 12.3 Å². The molecule has 1 aliphatic carbocycles. The van der Waals surface area contributed by atoms with E-state index in [4.69, 9.17) is 5.11 Å². The van der Waals surface area contributed by atoms with Gasteiger partial charge in [0.1, 0.15) is 5.54 Å². The van der Waals surface area contributed by atoms with Crippen molar-refractivity contribution in [2.75, 3.05) is 12.3 Å². The third-order valence-electron chi connectivity index (χ3n) is 2.86. The van der Waals surface area contributed by atoms with Crippen molar-refractivity contribution in [1.82, 2.24) is 10.6 Å². The molecule has 3 N–H and O–H groups in total. The number of carboxylic acid groups (broad SMARTS) is 1. The normalized spacial score (nSPS) is 18.5. The van der Waals surface area contributed by atoms with Crippen LogP contribution in [0.25, 0.3) is 0 Å². The maximum Gasteiger partial charge on any atom is 0.441 e. The van der Waals surface area contributed by atoms with Gasteiger partial charge in [0.15, 0.2) is 0 Å². The van der Waals surface area contributed by atoms with E-state index in [-0.39, 0.29) is 30.0 Å². The lowest BCUT2D eigenvalue weighted by Crippen LogP contribution is -2.56. The largest absolute Gasteiger partial charge is 0.480 e. The summed E-state index contributed by atoms with van der Waals surface area (Å²) in [5.74, 6) is -1.58. The maximum absolute atomic E-state index is 11.8. The number of aliphatic carboxylic acids is 1. The third kappa shape index (κ3) is 5.17. The van der Waals surface area contributed by atoms with Crippen LogP contribution in [0.4, 0.5) is 18.0 Å². The number of rotatable bonds is 6. The van der Waals surface area contributed by atoms with E-state index in [0.29, 0.717) is 12.8 Å². The number of thioether (sulfide) groups is 1. The predicted molar refractivity (Wildman–Crippen MR) is 63.8 cm³/mol. The Morgan fingerprint density at radius 1 is 1.37 bits per heavy atom. The summed E-state index contributed by atoms with van der Waals surface area (Å²) in [6.07, 6.45) is 1.43. The summed E-state index contributed by atoms with van der Waals surface area (Å²) in [4.78, 5) is 22.5. The zero-order valence-electron chi connectivity index (χ0n) is 10.2. The van der Waals surface area contributed by atoms with Crippen LogP contribution in [0.5, 0.6) is 0 Å². The van der Waals surface area contributed by atoms with Crippen molar-refractivity contribution >= 4 is 23.8 Å². The van der Waals surface area contributed by atoms with E-state index in [9.17, 15) is 22.8 Å². The fourth-order valence-electron chi connectivity index (χ4n) is 1.60. The number of carbonyl (C=O) groups is 2. The topological polar surface area (TPSA) is 78.4 Å². The fourth-order valence-corrected chi connectivity index (χ4v) is 2.04. The number of hydrogen-bond donors (Lipinski definition) is 3. The Labute approximate surface area is 112 Å². The van der Waals surface area contributed by atoms with Crippen molar-refractivity contribution in [1.29, 1.82) is 0 Å². The second-order valence-corrected chi connectivity index (χ2v) is 5.62. The van der Waals surface area contributed by atoms with Crippen LogP contribution in [-0.4, -0.2) is 40.5 Å². The number of urea groups is 1. The highest BCUT2D eigenvalue weighted by Gasteiger charge is 2.48. The van der Waals surface area contributed by atoms with Crippen molar-refractivity contribution < 1.29 is 27.9 Å². The van der Waals surface area contributed by atoms with E-state index >= 15 is 0 Å². The van der Waals surface area contributed by atoms with Crippen LogP contribution in [0.3, 0.4) is 0 Å². The molecular formula is C10H15F3N2O3S. The monoisotopic (exact) mass is 300 g/mol. The number of amides is 2. The van der Waals surface area contributed by atoms with Crippen LogP contribution in [0, 0.1) is 5.92 Å². The zero-order valence-corrected chi connectivity index (χ0v) is 11.0. The molecule has 0 radical (unpaired) electrons. The SMILES string of the molecule is CC(NC(=O)NCCSC(F)(F)F)(C(=O)O)C1CC1. The molecule has 0 bridgehead atoms. The van der Waals surface area contributed by atoms with Crippen LogP contribution < -0.4 is 10.6 Å². The van der Waals surface area contributed by atoms with Crippen molar-refractivity contribution in [2.24, 2.45) is 5.92 Å². The standard InChI is InChI=1S/C10H15F3N2O3S/c1-9(7(16)17,6-2-3-6)15-8(18)14-4-5-19-10(11,12)13/h6H,2-5H2,1H3,(H,16,17)(H2,14,15,18). The first-order valence-corrected chi connectivity index (χ1v) is 6.64. The quantitative estimate of drug-likeness (QED) is 0.654. The Morgan fingerprint density at radius 2 is 1.95 bits per heavy atom. The van der Waals surface area contributed by atoms with Crippen molar-refractivity contribution in [2.45, 2.75) is 30.8 Å². The van der Waals surface area contributed by atoms with Gasteiger partial charge in [-0.05, 0) is 37.4 Å². The van der Waals surface area contributed by atoms with Gasteiger partial charge < -0.3 is 15.7 Å². The first-order chi connectivity index (χ1) is 8.65. The molecule has 5 nitrogen and oxygen atoms in total. The van der Waals surface area contributed by atoms with Gasteiger partial charge in [0.2, 0.25) is 0 Å².